The maximum atomic E-state index is 5.67. The van der Waals surface area contributed by atoms with Crippen molar-refractivity contribution in [3.05, 3.63) is 12.3 Å². The van der Waals surface area contributed by atoms with Crippen molar-refractivity contribution in [2.75, 3.05) is 7.11 Å². The third kappa shape index (κ3) is 1.72. The van der Waals surface area contributed by atoms with Crippen molar-refractivity contribution >= 4 is 0 Å². The molecule has 0 aromatic carbocycles. The van der Waals surface area contributed by atoms with E-state index in [2.05, 4.69) is 6.58 Å². The number of hydrogen-bond acceptors (Lipinski definition) is 3. The molecule has 3 heteroatoms. The Morgan fingerprint density at radius 1 is 1.80 bits per heavy atom. The van der Waals surface area contributed by atoms with Crippen molar-refractivity contribution in [1.29, 1.82) is 0 Å². The molecule has 10 heavy (non-hydrogen) atoms. The Bertz CT molecular complexity index is 136. The molecule has 3 nitrogen and oxygen atoms in total. The van der Waals surface area contributed by atoms with Gasteiger partial charge in [-0.3, -0.25) is 0 Å². The summed E-state index contributed by atoms with van der Waals surface area (Å²) in [5.74, 6) is 0.727. The van der Waals surface area contributed by atoms with E-state index in [-0.39, 0.29) is 12.3 Å². The molecule has 0 spiro atoms. The molecule has 2 N–H and O–H groups in total. The van der Waals surface area contributed by atoms with Crippen LogP contribution in [0.15, 0.2) is 12.3 Å². The maximum absolute atomic E-state index is 5.67. The van der Waals surface area contributed by atoms with Gasteiger partial charge in [0.05, 0.1) is 5.76 Å². The second-order valence-corrected chi connectivity index (χ2v) is 2.52. The van der Waals surface area contributed by atoms with Crippen molar-refractivity contribution in [2.24, 2.45) is 5.73 Å². The lowest BCUT2D eigenvalue weighted by atomic mass is 10.1. The summed E-state index contributed by atoms with van der Waals surface area (Å²) in [6, 6.07) is 0.145. The van der Waals surface area contributed by atoms with Gasteiger partial charge in [-0.1, -0.05) is 6.58 Å². The molecule has 2 unspecified atom stereocenters. The van der Waals surface area contributed by atoms with E-state index in [0.717, 1.165) is 18.6 Å². The van der Waals surface area contributed by atoms with Crippen molar-refractivity contribution < 1.29 is 9.47 Å². The predicted octanol–water partition coefficient (Wildman–Crippen LogP) is 0.610. The molecule has 0 radical (unpaired) electrons. The van der Waals surface area contributed by atoms with Crippen LogP contribution in [0.25, 0.3) is 0 Å². The highest BCUT2D eigenvalue weighted by molar-refractivity contribution is 4.92. The zero-order valence-corrected chi connectivity index (χ0v) is 6.17. The third-order valence-corrected chi connectivity index (χ3v) is 1.55. The zero-order valence-electron chi connectivity index (χ0n) is 6.17. The minimum Gasteiger partial charge on any atom is -0.470 e. The second-order valence-electron chi connectivity index (χ2n) is 2.52. The van der Waals surface area contributed by atoms with Crippen LogP contribution in [0.4, 0.5) is 0 Å². The van der Waals surface area contributed by atoms with Crippen molar-refractivity contribution in [3.63, 3.8) is 0 Å². The fourth-order valence-electron chi connectivity index (χ4n) is 1.05. The monoisotopic (exact) mass is 143 g/mol. The van der Waals surface area contributed by atoms with E-state index >= 15 is 0 Å². The first kappa shape index (κ1) is 7.57. The smallest absolute Gasteiger partial charge is 0.200 e. The average molecular weight is 143 g/mol. The summed E-state index contributed by atoms with van der Waals surface area (Å²) in [5.41, 5.74) is 5.67. The molecule has 0 aromatic heterocycles. The molecular weight excluding hydrogens is 130 g/mol. The Morgan fingerprint density at radius 3 is 3.00 bits per heavy atom. The van der Waals surface area contributed by atoms with E-state index in [1.165, 1.54) is 0 Å². The van der Waals surface area contributed by atoms with Gasteiger partial charge < -0.3 is 15.2 Å². The lowest BCUT2D eigenvalue weighted by Crippen LogP contribution is -2.34. The molecule has 1 heterocycles. The lowest BCUT2D eigenvalue weighted by Gasteiger charge is -2.27. The van der Waals surface area contributed by atoms with Crippen LogP contribution < -0.4 is 5.73 Å². The highest BCUT2D eigenvalue weighted by Crippen LogP contribution is 2.19. The second kappa shape index (κ2) is 3.03. The third-order valence-electron chi connectivity index (χ3n) is 1.55. The SMILES string of the molecule is C=C1CC(N)CC(OC)O1. The van der Waals surface area contributed by atoms with Crippen LogP contribution in [0, 0.1) is 0 Å². The van der Waals surface area contributed by atoms with Crippen LogP contribution in [0.2, 0.25) is 0 Å². The highest BCUT2D eigenvalue weighted by atomic mass is 16.7. The fraction of sp³-hybridized carbons (Fsp3) is 0.714. The Hall–Kier alpha value is -0.540. The molecule has 1 aliphatic rings. The first-order chi connectivity index (χ1) is 4.72. The van der Waals surface area contributed by atoms with Crippen LogP contribution in [0.3, 0.4) is 0 Å². The van der Waals surface area contributed by atoms with E-state index in [1.807, 2.05) is 0 Å². The van der Waals surface area contributed by atoms with E-state index in [0.29, 0.717) is 0 Å². The molecule has 0 amide bonds. The van der Waals surface area contributed by atoms with Gasteiger partial charge in [-0.2, -0.15) is 0 Å². The number of hydrogen-bond donors (Lipinski definition) is 1. The molecule has 0 aromatic rings. The van der Waals surface area contributed by atoms with Crippen molar-refractivity contribution in [3.8, 4) is 0 Å². The van der Waals surface area contributed by atoms with Crippen LogP contribution in [0.5, 0.6) is 0 Å². The quantitative estimate of drug-likeness (QED) is 0.585. The molecule has 1 aliphatic heterocycles. The van der Waals surface area contributed by atoms with Gasteiger partial charge in [0.1, 0.15) is 0 Å². The number of nitrogens with two attached hydrogens (primary N) is 1. The standard InChI is InChI=1S/C7H13NO2/c1-5-3-6(8)4-7(9-2)10-5/h6-7H,1,3-4,8H2,2H3. The minimum absolute atomic E-state index is 0.145. The summed E-state index contributed by atoms with van der Waals surface area (Å²) >= 11 is 0. The van der Waals surface area contributed by atoms with E-state index in [4.69, 9.17) is 15.2 Å². The van der Waals surface area contributed by atoms with Crippen LogP contribution in [0.1, 0.15) is 12.8 Å². The summed E-state index contributed by atoms with van der Waals surface area (Å²) in [7, 11) is 1.61. The summed E-state index contributed by atoms with van der Waals surface area (Å²) in [6.45, 7) is 3.68. The predicted molar refractivity (Wildman–Crippen MR) is 38.2 cm³/mol. The van der Waals surface area contributed by atoms with E-state index in [9.17, 15) is 0 Å². The van der Waals surface area contributed by atoms with Crippen LogP contribution in [-0.2, 0) is 9.47 Å². The van der Waals surface area contributed by atoms with Gasteiger partial charge in [-0.15, -0.1) is 0 Å². The molecule has 1 rings (SSSR count). The summed E-state index contributed by atoms with van der Waals surface area (Å²) < 4.78 is 10.2. The first-order valence-corrected chi connectivity index (χ1v) is 3.35. The molecule has 2 atom stereocenters. The molecular formula is C7H13NO2. The normalized spacial score (nSPS) is 33.6. The zero-order chi connectivity index (χ0) is 7.56. The topological polar surface area (TPSA) is 44.5 Å². The molecule has 58 valence electrons. The fourth-order valence-corrected chi connectivity index (χ4v) is 1.05. The highest BCUT2D eigenvalue weighted by Gasteiger charge is 2.21. The van der Waals surface area contributed by atoms with Crippen LogP contribution in [-0.4, -0.2) is 19.4 Å². The summed E-state index contributed by atoms with van der Waals surface area (Å²) in [4.78, 5) is 0. The number of ether oxygens (including phenoxy) is 2. The number of rotatable bonds is 1. The minimum atomic E-state index is -0.184. The first-order valence-electron chi connectivity index (χ1n) is 3.35. The van der Waals surface area contributed by atoms with Crippen molar-refractivity contribution in [1.82, 2.24) is 0 Å². The van der Waals surface area contributed by atoms with Gasteiger partial charge >= 0.3 is 0 Å². The molecule has 0 saturated carbocycles. The van der Waals surface area contributed by atoms with Crippen molar-refractivity contribution in [2.45, 2.75) is 25.2 Å². The average Bonchev–Trinajstić information content (AvgIpc) is 1.85. The maximum Gasteiger partial charge on any atom is 0.200 e. The largest absolute Gasteiger partial charge is 0.470 e. The van der Waals surface area contributed by atoms with E-state index in [1.54, 1.807) is 7.11 Å². The van der Waals surface area contributed by atoms with E-state index < -0.39 is 0 Å². The van der Waals surface area contributed by atoms with Gasteiger partial charge in [0.2, 0.25) is 6.29 Å². The Balaban J connectivity index is 2.42. The lowest BCUT2D eigenvalue weighted by molar-refractivity contribution is -0.118. The van der Waals surface area contributed by atoms with Gasteiger partial charge in [0, 0.05) is 26.0 Å². The summed E-state index contributed by atoms with van der Waals surface area (Å²) in [5, 5.41) is 0. The Labute approximate surface area is 60.8 Å². The van der Waals surface area contributed by atoms with Gasteiger partial charge in [-0.05, 0) is 0 Å². The van der Waals surface area contributed by atoms with Gasteiger partial charge in [0.25, 0.3) is 0 Å². The van der Waals surface area contributed by atoms with Gasteiger partial charge in [-0.25, -0.2) is 0 Å². The molecule has 0 bridgehead atoms. The molecule has 1 saturated heterocycles. The number of methoxy groups -OCH3 is 1. The molecule has 0 aliphatic carbocycles. The Morgan fingerprint density at radius 2 is 2.50 bits per heavy atom. The Kier molecular flexibility index (Phi) is 2.29. The summed E-state index contributed by atoms with van der Waals surface area (Å²) in [6.07, 6.45) is 1.33. The van der Waals surface area contributed by atoms with Crippen LogP contribution >= 0.6 is 0 Å². The van der Waals surface area contributed by atoms with Gasteiger partial charge in [0.15, 0.2) is 0 Å². The molecule has 1 fully saturated rings.